The van der Waals surface area contributed by atoms with Crippen molar-refractivity contribution in [3.05, 3.63) is 192 Å². The lowest BCUT2D eigenvalue weighted by Gasteiger charge is -2.11. The van der Waals surface area contributed by atoms with Crippen LogP contribution < -0.4 is 0 Å². The number of hydrogen-bond donors (Lipinski definition) is 0. The smallest absolute Gasteiger partial charge is 0.0711 e. The molecule has 1 aromatic heterocycles. The molecule has 1 aliphatic carbocycles. The maximum Gasteiger partial charge on any atom is 0.0711 e. The minimum Gasteiger partial charge on any atom is -0.253 e. The molecule has 5 aromatic rings. The van der Waals surface area contributed by atoms with Crippen LogP contribution in [0.5, 0.6) is 0 Å². The van der Waals surface area contributed by atoms with Gasteiger partial charge in [-0.2, -0.15) is 0 Å². The summed E-state index contributed by atoms with van der Waals surface area (Å²) in [4.78, 5) is 4.75. The van der Waals surface area contributed by atoms with Gasteiger partial charge in [0.15, 0.2) is 0 Å². The number of hydrogen-bond acceptors (Lipinski definition) is 1. The highest BCUT2D eigenvalue weighted by Crippen LogP contribution is 2.28. The molecule has 0 bridgehead atoms. The molecule has 4 aromatic carbocycles. The van der Waals surface area contributed by atoms with Gasteiger partial charge in [0.05, 0.1) is 5.69 Å². The van der Waals surface area contributed by atoms with E-state index in [1.807, 2.05) is 30.3 Å². The molecule has 1 heterocycles. The minimum absolute atomic E-state index is 1.03. The standard InChI is InChI=1S/C24H21N.C20H20/c1-18-16-23(20-10-6-3-7-11-20)17-24(25-18)22-14-12-21(13-15-22)19-8-4-2-5-9-19;1-16(2)14-20(19-12-8-5-9-13-19)15-17(3)18-10-6-4-7-11-18/h2,4-6,8-17H,3,7H2,1H3;4-15H,3H2,1-2H3/b;20-15+. The molecule has 1 heteroatoms. The van der Waals surface area contributed by atoms with Crippen LogP contribution >= 0.6 is 0 Å². The third kappa shape index (κ3) is 8.87. The van der Waals surface area contributed by atoms with Crippen molar-refractivity contribution >= 4 is 16.7 Å². The Morgan fingerprint density at radius 2 is 1.20 bits per heavy atom. The SMILES string of the molecule is C=C(/C=C(\C=C(C)C)c1ccccc1)c1ccccc1.Cc1cc(C2=CCCC=C2)cc(-c2ccc(-c3ccccc3)cc2)n1. The molecule has 6 rings (SSSR count). The summed E-state index contributed by atoms with van der Waals surface area (Å²) in [5.74, 6) is 0. The van der Waals surface area contributed by atoms with Gasteiger partial charge in [-0.1, -0.05) is 152 Å². The van der Waals surface area contributed by atoms with E-state index in [0.29, 0.717) is 0 Å². The first-order valence-corrected chi connectivity index (χ1v) is 15.6. The molecule has 0 N–H and O–H groups in total. The van der Waals surface area contributed by atoms with Gasteiger partial charge in [-0.15, -0.1) is 0 Å². The Labute approximate surface area is 269 Å². The largest absolute Gasteiger partial charge is 0.253 e. The van der Waals surface area contributed by atoms with Crippen LogP contribution in [0, 0.1) is 6.92 Å². The number of benzene rings is 4. The van der Waals surface area contributed by atoms with E-state index in [9.17, 15) is 0 Å². The van der Waals surface area contributed by atoms with Crippen LogP contribution in [0.15, 0.2) is 170 Å². The molecule has 0 aliphatic heterocycles. The molecule has 1 nitrogen and oxygen atoms in total. The molecule has 45 heavy (non-hydrogen) atoms. The van der Waals surface area contributed by atoms with Crippen LogP contribution in [0.4, 0.5) is 0 Å². The van der Waals surface area contributed by atoms with Crippen molar-refractivity contribution in [2.24, 2.45) is 0 Å². The maximum atomic E-state index is 4.75. The van der Waals surface area contributed by atoms with Gasteiger partial charge in [0.25, 0.3) is 0 Å². The van der Waals surface area contributed by atoms with Gasteiger partial charge in [0.1, 0.15) is 0 Å². The van der Waals surface area contributed by atoms with Crippen LogP contribution in [0.3, 0.4) is 0 Å². The number of nitrogens with zero attached hydrogens (tertiary/aromatic N) is 1. The van der Waals surface area contributed by atoms with E-state index < -0.39 is 0 Å². The Balaban J connectivity index is 0.000000183. The van der Waals surface area contributed by atoms with Crippen LogP contribution in [-0.2, 0) is 0 Å². The van der Waals surface area contributed by atoms with Gasteiger partial charge >= 0.3 is 0 Å². The van der Waals surface area contributed by atoms with E-state index >= 15 is 0 Å². The summed E-state index contributed by atoms with van der Waals surface area (Å²) in [6.45, 7) is 10.5. The molecule has 0 fully saturated rings. The summed E-state index contributed by atoms with van der Waals surface area (Å²) in [5.41, 5.74) is 14.2. The molecule has 0 unspecified atom stereocenters. The molecule has 0 amide bonds. The molecular weight excluding hydrogens is 542 g/mol. The monoisotopic (exact) mass is 583 g/mol. The molecule has 222 valence electrons. The van der Waals surface area contributed by atoms with Gasteiger partial charge < -0.3 is 0 Å². The topological polar surface area (TPSA) is 12.9 Å². The average Bonchev–Trinajstić information content (AvgIpc) is 3.09. The molecule has 0 saturated heterocycles. The van der Waals surface area contributed by atoms with Crippen molar-refractivity contribution in [3.8, 4) is 22.4 Å². The normalized spacial score (nSPS) is 12.4. The zero-order valence-corrected chi connectivity index (χ0v) is 26.6. The van der Waals surface area contributed by atoms with E-state index in [4.69, 9.17) is 4.98 Å². The molecule has 0 atom stereocenters. The van der Waals surface area contributed by atoms with Gasteiger partial charge in [0.2, 0.25) is 0 Å². The van der Waals surface area contributed by atoms with Crippen LogP contribution in [0.1, 0.15) is 49.1 Å². The third-order valence-corrected chi connectivity index (χ3v) is 7.60. The lowest BCUT2D eigenvalue weighted by Crippen LogP contribution is -1.93. The van der Waals surface area contributed by atoms with E-state index in [1.54, 1.807) is 0 Å². The van der Waals surface area contributed by atoms with Crippen molar-refractivity contribution in [1.29, 1.82) is 0 Å². The first-order chi connectivity index (χ1) is 22.0. The van der Waals surface area contributed by atoms with Crippen LogP contribution in [-0.4, -0.2) is 4.98 Å². The van der Waals surface area contributed by atoms with Gasteiger partial charge in [-0.3, -0.25) is 4.98 Å². The third-order valence-electron chi connectivity index (χ3n) is 7.60. The molecule has 0 spiro atoms. The predicted octanol–water partition coefficient (Wildman–Crippen LogP) is 12.2. The highest BCUT2D eigenvalue weighted by Gasteiger charge is 2.08. The van der Waals surface area contributed by atoms with E-state index in [0.717, 1.165) is 40.9 Å². The minimum atomic E-state index is 1.03. The first kappa shape index (κ1) is 31.2. The second kappa shape index (κ2) is 15.5. The number of allylic oxidation sites excluding steroid dienone is 9. The molecular formula is C44H41N. The van der Waals surface area contributed by atoms with Gasteiger partial charge in [-0.05, 0) is 96.4 Å². The molecule has 0 saturated carbocycles. The van der Waals surface area contributed by atoms with Gasteiger partial charge in [0, 0.05) is 11.3 Å². The Kier molecular flexibility index (Phi) is 10.7. The quantitative estimate of drug-likeness (QED) is 0.174. The second-order valence-electron chi connectivity index (χ2n) is 11.5. The fourth-order valence-corrected chi connectivity index (χ4v) is 5.35. The number of aromatic nitrogens is 1. The fourth-order valence-electron chi connectivity index (χ4n) is 5.35. The maximum absolute atomic E-state index is 4.75. The number of pyridine rings is 1. The van der Waals surface area contributed by atoms with E-state index in [2.05, 4.69) is 155 Å². The average molecular weight is 584 g/mol. The highest BCUT2D eigenvalue weighted by molar-refractivity contribution is 5.87. The second-order valence-corrected chi connectivity index (χ2v) is 11.5. The molecule has 0 radical (unpaired) electrons. The van der Waals surface area contributed by atoms with Crippen LogP contribution in [0.25, 0.3) is 39.1 Å². The van der Waals surface area contributed by atoms with Crippen LogP contribution in [0.2, 0.25) is 0 Å². The lowest BCUT2D eigenvalue weighted by molar-refractivity contribution is 1.04. The summed E-state index contributed by atoms with van der Waals surface area (Å²) in [5, 5.41) is 0. The Hall–Kier alpha value is -5.27. The summed E-state index contributed by atoms with van der Waals surface area (Å²) in [7, 11) is 0. The van der Waals surface area contributed by atoms with Gasteiger partial charge in [-0.25, -0.2) is 0 Å². The summed E-state index contributed by atoms with van der Waals surface area (Å²) < 4.78 is 0. The lowest BCUT2D eigenvalue weighted by atomic mass is 9.97. The Bertz CT molecular complexity index is 1830. The van der Waals surface area contributed by atoms with Crippen molar-refractivity contribution < 1.29 is 0 Å². The van der Waals surface area contributed by atoms with Crippen molar-refractivity contribution in [2.45, 2.75) is 33.6 Å². The highest BCUT2D eigenvalue weighted by atomic mass is 14.7. The number of rotatable bonds is 7. The Morgan fingerprint density at radius 3 is 1.80 bits per heavy atom. The summed E-state index contributed by atoms with van der Waals surface area (Å²) in [6, 6.07) is 44.2. The fraction of sp³-hybridized carbons (Fsp3) is 0.114. The molecule has 1 aliphatic rings. The number of aryl methyl sites for hydroxylation is 1. The summed E-state index contributed by atoms with van der Waals surface area (Å²) >= 11 is 0. The van der Waals surface area contributed by atoms with E-state index in [1.165, 1.54) is 39.0 Å². The summed E-state index contributed by atoms with van der Waals surface area (Å²) in [6.07, 6.45) is 13.4. The van der Waals surface area contributed by atoms with Crippen molar-refractivity contribution in [3.63, 3.8) is 0 Å². The zero-order valence-electron chi connectivity index (χ0n) is 26.6. The Morgan fingerprint density at radius 1 is 0.622 bits per heavy atom. The van der Waals surface area contributed by atoms with Crippen molar-refractivity contribution in [1.82, 2.24) is 4.98 Å². The predicted molar refractivity (Wildman–Crippen MR) is 196 cm³/mol. The van der Waals surface area contributed by atoms with E-state index in [-0.39, 0.29) is 0 Å². The zero-order chi connectivity index (χ0) is 31.4. The first-order valence-electron chi connectivity index (χ1n) is 15.6. The van der Waals surface area contributed by atoms with Crippen molar-refractivity contribution in [2.75, 3.05) is 0 Å².